The summed E-state index contributed by atoms with van der Waals surface area (Å²) in [6.45, 7) is 8.21. The second kappa shape index (κ2) is 2.98. The normalized spacial score (nSPS) is 29.5. The van der Waals surface area contributed by atoms with Gasteiger partial charge in [-0.25, -0.2) is 0 Å². The molecule has 2 saturated heterocycles. The van der Waals surface area contributed by atoms with Crippen molar-refractivity contribution in [1.82, 2.24) is 10.2 Å². The fourth-order valence-electron chi connectivity index (χ4n) is 2.00. The summed E-state index contributed by atoms with van der Waals surface area (Å²) in [5, 5.41) is 3.32. The average Bonchev–Trinajstić information content (AvgIpc) is 1.92. The zero-order valence-corrected chi connectivity index (χ0v) is 7.97. The van der Waals surface area contributed by atoms with Crippen LogP contribution < -0.4 is 5.32 Å². The molecule has 0 aliphatic carbocycles. The van der Waals surface area contributed by atoms with Crippen LogP contribution in [0, 0.1) is 5.41 Å². The van der Waals surface area contributed by atoms with Gasteiger partial charge in [0.15, 0.2) is 0 Å². The topological polar surface area (TPSA) is 24.5 Å². The highest BCUT2D eigenvalue weighted by molar-refractivity contribution is 4.94. The van der Waals surface area contributed by atoms with Crippen LogP contribution in [0.4, 0.5) is 0 Å². The highest BCUT2D eigenvalue weighted by Crippen LogP contribution is 2.25. The minimum absolute atomic E-state index is 0.502. The van der Waals surface area contributed by atoms with Crippen LogP contribution in [0.2, 0.25) is 0 Å². The Bertz CT molecular complexity index is 162. The molecule has 2 aliphatic heterocycles. The van der Waals surface area contributed by atoms with Crippen molar-refractivity contribution in [3.63, 3.8) is 0 Å². The molecule has 0 aromatic heterocycles. The minimum atomic E-state index is 0.502. The second-order valence-electron chi connectivity index (χ2n) is 4.47. The SMILES string of the molecule is COC1CN(CC2(C)CNC2)C1. The summed E-state index contributed by atoms with van der Waals surface area (Å²) in [5.41, 5.74) is 0.540. The lowest BCUT2D eigenvalue weighted by Gasteiger charge is -2.47. The van der Waals surface area contributed by atoms with Crippen molar-refractivity contribution < 1.29 is 4.74 Å². The Morgan fingerprint density at radius 1 is 1.50 bits per heavy atom. The van der Waals surface area contributed by atoms with Crippen LogP contribution in [-0.4, -0.2) is 50.8 Å². The molecule has 0 saturated carbocycles. The molecule has 3 nitrogen and oxygen atoms in total. The molecule has 2 aliphatic rings. The van der Waals surface area contributed by atoms with Crippen molar-refractivity contribution >= 4 is 0 Å². The predicted molar refractivity (Wildman–Crippen MR) is 48.2 cm³/mol. The summed E-state index contributed by atoms with van der Waals surface area (Å²) in [6, 6.07) is 0. The highest BCUT2D eigenvalue weighted by atomic mass is 16.5. The van der Waals surface area contributed by atoms with Crippen LogP contribution in [0.1, 0.15) is 6.92 Å². The molecule has 2 heterocycles. The van der Waals surface area contributed by atoms with E-state index in [1.54, 1.807) is 7.11 Å². The number of methoxy groups -OCH3 is 1. The molecule has 0 amide bonds. The summed E-state index contributed by atoms with van der Waals surface area (Å²) < 4.78 is 5.23. The van der Waals surface area contributed by atoms with Gasteiger partial charge in [0.25, 0.3) is 0 Å². The lowest BCUT2D eigenvalue weighted by Crippen LogP contribution is -2.62. The van der Waals surface area contributed by atoms with Crippen LogP contribution in [-0.2, 0) is 4.74 Å². The fourth-order valence-corrected chi connectivity index (χ4v) is 2.00. The molecule has 0 radical (unpaired) electrons. The van der Waals surface area contributed by atoms with Crippen molar-refractivity contribution in [3.05, 3.63) is 0 Å². The maximum absolute atomic E-state index is 5.23. The molecule has 0 atom stereocenters. The van der Waals surface area contributed by atoms with E-state index in [0.717, 1.165) is 13.1 Å². The maximum Gasteiger partial charge on any atom is 0.0824 e. The predicted octanol–water partition coefficient (Wildman–Crippen LogP) is -0.0735. The van der Waals surface area contributed by atoms with E-state index < -0.39 is 0 Å². The number of nitrogens with zero attached hydrogens (tertiary/aromatic N) is 1. The smallest absolute Gasteiger partial charge is 0.0824 e. The monoisotopic (exact) mass is 170 g/mol. The summed E-state index contributed by atoms with van der Waals surface area (Å²) in [5.74, 6) is 0. The molecule has 2 fully saturated rings. The van der Waals surface area contributed by atoms with Gasteiger partial charge in [-0.1, -0.05) is 6.92 Å². The number of likely N-dealkylation sites (tertiary alicyclic amines) is 1. The molecule has 0 aromatic rings. The Balaban J connectivity index is 1.69. The number of rotatable bonds is 3. The lowest BCUT2D eigenvalue weighted by molar-refractivity contribution is -0.0523. The van der Waals surface area contributed by atoms with Gasteiger partial charge in [0.2, 0.25) is 0 Å². The molecule has 3 heteroatoms. The number of hydrogen-bond donors (Lipinski definition) is 1. The van der Waals surface area contributed by atoms with Gasteiger partial charge < -0.3 is 10.1 Å². The largest absolute Gasteiger partial charge is 0.379 e. The Morgan fingerprint density at radius 3 is 2.58 bits per heavy atom. The van der Waals surface area contributed by atoms with E-state index >= 15 is 0 Å². The molecule has 0 unspecified atom stereocenters. The second-order valence-corrected chi connectivity index (χ2v) is 4.47. The van der Waals surface area contributed by atoms with Crippen molar-refractivity contribution in [3.8, 4) is 0 Å². The van der Waals surface area contributed by atoms with Crippen molar-refractivity contribution in [2.75, 3.05) is 39.8 Å². The van der Waals surface area contributed by atoms with E-state index in [1.165, 1.54) is 19.6 Å². The molecule has 12 heavy (non-hydrogen) atoms. The van der Waals surface area contributed by atoms with Crippen molar-refractivity contribution in [1.29, 1.82) is 0 Å². The van der Waals surface area contributed by atoms with E-state index in [4.69, 9.17) is 4.74 Å². The highest BCUT2D eigenvalue weighted by Gasteiger charge is 2.37. The van der Waals surface area contributed by atoms with E-state index in [1.807, 2.05) is 0 Å². The standard InChI is InChI=1S/C9H18N2O/c1-9(5-10-6-9)7-11-3-8(4-11)12-2/h8,10H,3-7H2,1-2H3. The first-order valence-corrected chi connectivity index (χ1v) is 4.68. The third kappa shape index (κ3) is 1.49. The minimum Gasteiger partial charge on any atom is -0.379 e. The molecule has 0 bridgehead atoms. The number of hydrogen-bond acceptors (Lipinski definition) is 3. The van der Waals surface area contributed by atoms with E-state index in [9.17, 15) is 0 Å². The lowest BCUT2D eigenvalue weighted by atomic mass is 9.83. The van der Waals surface area contributed by atoms with Gasteiger partial charge in [0.1, 0.15) is 0 Å². The molecule has 70 valence electrons. The van der Waals surface area contributed by atoms with Crippen LogP contribution in [0.3, 0.4) is 0 Å². The van der Waals surface area contributed by atoms with E-state index in [2.05, 4.69) is 17.1 Å². The van der Waals surface area contributed by atoms with Gasteiger partial charge >= 0.3 is 0 Å². The van der Waals surface area contributed by atoms with Crippen LogP contribution in [0.25, 0.3) is 0 Å². The summed E-state index contributed by atoms with van der Waals surface area (Å²) in [7, 11) is 1.80. The van der Waals surface area contributed by atoms with E-state index in [-0.39, 0.29) is 0 Å². The van der Waals surface area contributed by atoms with Gasteiger partial charge in [-0.05, 0) is 0 Å². The molecule has 1 N–H and O–H groups in total. The molecule has 0 spiro atoms. The third-order valence-corrected chi connectivity index (χ3v) is 2.97. The number of ether oxygens (including phenoxy) is 1. The van der Waals surface area contributed by atoms with Gasteiger partial charge in [-0.3, -0.25) is 4.90 Å². The van der Waals surface area contributed by atoms with Gasteiger partial charge in [-0.15, -0.1) is 0 Å². The van der Waals surface area contributed by atoms with Crippen LogP contribution in [0.5, 0.6) is 0 Å². The zero-order chi connectivity index (χ0) is 8.60. The average molecular weight is 170 g/mol. The molecule has 2 rings (SSSR count). The third-order valence-electron chi connectivity index (χ3n) is 2.97. The quantitative estimate of drug-likeness (QED) is 0.641. The fraction of sp³-hybridized carbons (Fsp3) is 1.00. The molecular weight excluding hydrogens is 152 g/mol. The maximum atomic E-state index is 5.23. The Morgan fingerprint density at radius 2 is 2.17 bits per heavy atom. The van der Waals surface area contributed by atoms with E-state index in [0.29, 0.717) is 11.5 Å². The summed E-state index contributed by atoms with van der Waals surface area (Å²) in [6.07, 6.45) is 0.502. The zero-order valence-electron chi connectivity index (χ0n) is 7.97. The molecular formula is C9H18N2O. The molecule has 0 aromatic carbocycles. The number of nitrogens with one attached hydrogen (secondary N) is 1. The van der Waals surface area contributed by atoms with Crippen molar-refractivity contribution in [2.24, 2.45) is 5.41 Å². The first kappa shape index (κ1) is 8.48. The van der Waals surface area contributed by atoms with Crippen molar-refractivity contribution in [2.45, 2.75) is 13.0 Å². The first-order chi connectivity index (χ1) is 5.72. The summed E-state index contributed by atoms with van der Waals surface area (Å²) >= 11 is 0. The van der Waals surface area contributed by atoms with Crippen LogP contribution in [0.15, 0.2) is 0 Å². The Hall–Kier alpha value is -0.120. The Labute approximate surface area is 74.1 Å². The summed E-state index contributed by atoms with van der Waals surface area (Å²) in [4.78, 5) is 2.48. The van der Waals surface area contributed by atoms with Gasteiger partial charge in [0.05, 0.1) is 6.10 Å². The first-order valence-electron chi connectivity index (χ1n) is 4.68. The van der Waals surface area contributed by atoms with Gasteiger partial charge in [0, 0.05) is 45.2 Å². The van der Waals surface area contributed by atoms with Gasteiger partial charge in [-0.2, -0.15) is 0 Å². The Kier molecular flexibility index (Phi) is 2.10. The van der Waals surface area contributed by atoms with Crippen LogP contribution >= 0.6 is 0 Å².